The third kappa shape index (κ3) is 2.61. The van der Waals surface area contributed by atoms with Crippen molar-refractivity contribution in [2.75, 3.05) is 19.7 Å². The van der Waals surface area contributed by atoms with Crippen LogP contribution in [0.15, 0.2) is 18.2 Å². The van der Waals surface area contributed by atoms with Crippen LogP contribution in [-0.2, 0) is 4.74 Å². The van der Waals surface area contributed by atoms with Gasteiger partial charge in [0.25, 0.3) is 5.91 Å². The van der Waals surface area contributed by atoms with E-state index < -0.39 is 11.9 Å². The summed E-state index contributed by atoms with van der Waals surface area (Å²) in [6.07, 6.45) is -0.625. The van der Waals surface area contributed by atoms with Crippen molar-refractivity contribution in [2.45, 2.75) is 6.10 Å². The molecule has 1 saturated heterocycles. The van der Waals surface area contributed by atoms with Crippen LogP contribution in [0.2, 0.25) is 5.02 Å². The first kappa shape index (κ1) is 12.8. The lowest BCUT2D eigenvalue weighted by molar-refractivity contribution is 0.00345. The maximum Gasteiger partial charge on any atom is 0.254 e. The van der Waals surface area contributed by atoms with Crippen molar-refractivity contribution in [3.8, 4) is 6.07 Å². The lowest BCUT2D eigenvalue weighted by Gasteiger charge is -2.29. The number of halogens is 2. The highest BCUT2D eigenvalue weighted by Crippen LogP contribution is 2.17. The van der Waals surface area contributed by atoms with Crippen LogP contribution in [0, 0.1) is 17.1 Å². The SMILES string of the molecule is N#CC1CN(C(=O)c2ccc(Cl)c(F)c2)CCO1. The Hall–Kier alpha value is -1.64. The molecule has 1 fully saturated rings. The standard InChI is InChI=1S/C12H10ClFN2O2/c13-10-2-1-8(5-11(10)14)12(17)16-3-4-18-9(6-15)7-16/h1-2,5,9H,3-4,7H2. The molecule has 1 aromatic rings. The Morgan fingerprint density at radius 2 is 2.39 bits per heavy atom. The molecule has 2 rings (SSSR count). The van der Waals surface area contributed by atoms with Crippen molar-refractivity contribution in [3.63, 3.8) is 0 Å². The molecule has 1 aliphatic rings. The predicted molar refractivity (Wildman–Crippen MR) is 62.7 cm³/mol. The number of hydrogen-bond donors (Lipinski definition) is 0. The molecule has 1 atom stereocenters. The zero-order valence-electron chi connectivity index (χ0n) is 9.40. The van der Waals surface area contributed by atoms with Gasteiger partial charge in [0.15, 0.2) is 6.10 Å². The molecule has 0 aliphatic carbocycles. The van der Waals surface area contributed by atoms with Gasteiger partial charge in [-0.05, 0) is 18.2 Å². The molecular formula is C12H10ClFN2O2. The van der Waals surface area contributed by atoms with Crippen LogP contribution in [0.1, 0.15) is 10.4 Å². The number of carbonyl (C=O) groups is 1. The number of amides is 1. The Kier molecular flexibility index (Phi) is 3.80. The van der Waals surface area contributed by atoms with Crippen molar-refractivity contribution >= 4 is 17.5 Å². The quantitative estimate of drug-likeness (QED) is 0.781. The van der Waals surface area contributed by atoms with Gasteiger partial charge in [0, 0.05) is 12.1 Å². The normalized spacial score (nSPS) is 19.4. The van der Waals surface area contributed by atoms with Gasteiger partial charge in [0.2, 0.25) is 0 Å². The Balaban J connectivity index is 2.15. The summed E-state index contributed by atoms with van der Waals surface area (Å²) in [6.45, 7) is 0.890. The van der Waals surface area contributed by atoms with Gasteiger partial charge in [0.1, 0.15) is 5.82 Å². The average molecular weight is 269 g/mol. The van der Waals surface area contributed by atoms with Crippen molar-refractivity contribution < 1.29 is 13.9 Å². The maximum absolute atomic E-state index is 13.3. The Labute approximate surface area is 109 Å². The molecule has 0 bridgehead atoms. The van der Waals surface area contributed by atoms with Gasteiger partial charge in [-0.1, -0.05) is 11.6 Å². The Morgan fingerprint density at radius 3 is 3.06 bits per heavy atom. The topological polar surface area (TPSA) is 53.3 Å². The van der Waals surface area contributed by atoms with Gasteiger partial charge in [0.05, 0.1) is 24.2 Å². The van der Waals surface area contributed by atoms with Crippen molar-refractivity contribution in [2.24, 2.45) is 0 Å². The summed E-state index contributed by atoms with van der Waals surface area (Å²) in [7, 11) is 0. The highest BCUT2D eigenvalue weighted by atomic mass is 35.5. The Morgan fingerprint density at radius 1 is 1.61 bits per heavy atom. The predicted octanol–water partition coefficient (Wildman–Crippen LogP) is 1.84. The second kappa shape index (κ2) is 5.34. The first-order valence-corrected chi connectivity index (χ1v) is 5.75. The number of nitrogens with zero attached hydrogens (tertiary/aromatic N) is 2. The van der Waals surface area contributed by atoms with E-state index in [9.17, 15) is 9.18 Å². The monoisotopic (exact) mass is 268 g/mol. The molecular weight excluding hydrogens is 259 g/mol. The number of ether oxygens (including phenoxy) is 1. The van der Waals surface area contributed by atoms with E-state index in [4.69, 9.17) is 21.6 Å². The highest BCUT2D eigenvalue weighted by Gasteiger charge is 2.25. The lowest BCUT2D eigenvalue weighted by atomic mass is 10.1. The summed E-state index contributed by atoms with van der Waals surface area (Å²) in [6, 6.07) is 5.85. The van der Waals surface area contributed by atoms with Crippen LogP contribution in [-0.4, -0.2) is 36.6 Å². The zero-order chi connectivity index (χ0) is 13.1. The van der Waals surface area contributed by atoms with Gasteiger partial charge in [-0.15, -0.1) is 0 Å². The molecule has 1 amide bonds. The van der Waals surface area contributed by atoms with E-state index in [-0.39, 0.29) is 23.0 Å². The van der Waals surface area contributed by atoms with E-state index >= 15 is 0 Å². The van der Waals surface area contributed by atoms with E-state index in [1.54, 1.807) is 0 Å². The van der Waals surface area contributed by atoms with E-state index in [0.29, 0.717) is 13.2 Å². The number of rotatable bonds is 1. The third-order valence-electron chi connectivity index (χ3n) is 2.66. The fraction of sp³-hybridized carbons (Fsp3) is 0.333. The van der Waals surface area contributed by atoms with Gasteiger partial charge >= 0.3 is 0 Å². The van der Waals surface area contributed by atoms with Crippen LogP contribution < -0.4 is 0 Å². The van der Waals surface area contributed by atoms with Crippen LogP contribution >= 0.6 is 11.6 Å². The summed E-state index contributed by atoms with van der Waals surface area (Å²) >= 11 is 5.55. The average Bonchev–Trinajstić information content (AvgIpc) is 2.41. The van der Waals surface area contributed by atoms with Crippen molar-refractivity contribution in [3.05, 3.63) is 34.6 Å². The first-order chi connectivity index (χ1) is 8.61. The molecule has 1 heterocycles. The Bertz CT molecular complexity index is 515. The maximum atomic E-state index is 13.3. The van der Waals surface area contributed by atoms with E-state index in [1.165, 1.54) is 17.0 Å². The second-order valence-electron chi connectivity index (χ2n) is 3.87. The van der Waals surface area contributed by atoms with E-state index in [1.807, 2.05) is 6.07 Å². The molecule has 6 heteroatoms. The zero-order valence-corrected chi connectivity index (χ0v) is 10.2. The molecule has 4 nitrogen and oxygen atoms in total. The van der Waals surface area contributed by atoms with Crippen LogP contribution in [0.25, 0.3) is 0 Å². The highest BCUT2D eigenvalue weighted by molar-refractivity contribution is 6.30. The summed E-state index contributed by atoms with van der Waals surface area (Å²) in [5.74, 6) is -0.957. The third-order valence-corrected chi connectivity index (χ3v) is 2.97. The number of hydrogen-bond acceptors (Lipinski definition) is 3. The number of benzene rings is 1. The second-order valence-corrected chi connectivity index (χ2v) is 4.28. The first-order valence-electron chi connectivity index (χ1n) is 5.37. The molecule has 1 aliphatic heterocycles. The molecule has 94 valence electrons. The van der Waals surface area contributed by atoms with Gasteiger partial charge in [-0.25, -0.2) is 4.39 Å². The number of morpholine rings is 1. The van der Waals surface area contributed by atoms with Crippen LogP contribution in [0.3, 0.4) is 0 Å². The lowest BCUT2D eigenvalue weighted by Crippen LogP contribution is -2.45. The fourth-order valence-corrected chi connectivity index (χ4v) is 1.84. The fourth-order valence-electron chi connectivity index (χ4n) is 1.72. The molecule has 0 N–H and O–H groups in total. The summed E-state index contributed by atoms with van der Waals surface area (Å²) < 4.78 is 18.4. The number of nitriles is 1. The van der Waals surface area contributed by atoms with Crippen molar-refractivity contribution in [1.29, 1.82) is 5.26 Å². The van der Waals surface area contributed by atoms with Crippen LogP contribution in [0.5, 0.6) is 0 Å². The smallest absolute Gasteiger partial charge is 0.254 e. The molecule has 0 saturated carbocycles. The summed E-state index contributed by atoms with van der Waals surface area (Å²) in [5, 5.41) is 8.73. The van der Waals surface area contributed by atoms with E-state index in [0.717, 1.165) is 6.07 Å². The van der Waals surface area contributed by atoms with E-state index in [2.05, 4.69) is 0 Å². The van der Waals surface area contributed by atoms with Crippen molar-refractivity contribution in [1.82, 2.24) is 4.90 Å². The summed E-state index contributed by atoms with van der Waals surface area (Å²) in [4.78, 5) is 13.5. The minimum Gasteiger partial charge on any atom is -0.360 e. The largest absolute Gasteiger partial charge is 0.360 e. The molecule has 0 radical (unpaired) electrons. The van der Waals surface area contributed by atoms with Gasteiger partial charge in [-0.3, -0.25) is 4.79 Å². The minimum absolute atomic E-state index is 0.0246. The molecule has 18 heavy (non-hydrogen) atoms. The molecule has 0 aromatic heterocycles. The number of carbonyl (C=O) groups excluding carboxylic acids is 1. The molecule has 1 aromatic carbocycles. The van der Waals surface area contributed by atoms with Gasteiger partial charge in [-0.2, -0.15) is 5.26 Å². The van der Waals surface area contributed by atoms with Gasteiger partial charge < -0.3 is 9.64 Å². The minimum atomic E-state index is -0.632. The van der Waals surface area contributed by atoms with Crippen LogP contribution in [0.4, 0.5) is 4.39 Å². The molecule has 1 unspecified atom stereocenters. The summed E-state index contributed by atoms with van der Waals surface area (Å²) in [5.41, 5.74) is 0.218. The molecule has 0 spiro atoms.